The Labute approximate surface area is 145 Å². The molecule has 1 heterocycles. The largest absolute Gasteiger partial charge is 0.383 e. The molecule has 4 N–H and O–H groups in total. The summed E-state index contributed by atoms with van der Waals surface area (Å²) < 4.78 is 29.0. The van der Waals surface area contributed by atoms with E-state index in [4.69, 9.17) is 11.1 Å². The first-order valence-electron chi connectivity index (χ1n) is 5.64. The van der Waals surface area contributed by atoms with Crippen LogP contribution in [0.5, 0.6) is 0 Å². The molecule has 2 rings (SSSR count). The fourth-order valence-electron chi connectivity index (χ4n) is 1.55. The Morgan fingerprint density at radius 2 is 2.00 bits per heavy atom. The maximum Gasteiger partial charge on any atom is 0.261 e. The second-order valence-corrected chi connectivity index (χ2v) is 9.04. The summed E-state index contributed by atoms with van der Waals surface area (Å²) in [6.45, 7) is 0. The summed E-state index contributed by atoms with van der Waals surface area (Å²) in [6, 6.07) is 8.17. The molecule has 1 aromatic heterocycles. The summed E-state index contributed by atoms with van der Waals surface area (Å²) >= 11 is 4.82. The van der Waals surface area contributed by atoms with Crippen LogP contribution in [0.15, 0.2) is 39.4 Å². The van der Waals surface area contributed by atoms with E-state index in [-0.39, 0.29) is 10.7 Å². The van der Waals surface area contributed by atoms with E-state index >= 15 is 0 Å². The van der Waals surface area contributed by atoms with Crippen molar-refractivity contribution in [1.29, 1.82) is 5.41 Å². The Bertz CT molecular complexity index is 770. The second-order valence-electron chi connectivity index (χ2n) is 3.99. The minimum absolute atomic E-state index is 0.0741. The molecule has 9 heteroatoms. The fraction of sp³-hybridized carbons (Fsp3) is 0.0833. The van der Waals surface area contributed by atoms with Crippen molar-refractivity contribution >= 4 is 67.2 Å². The van der Waals surface area contributed by atoms with Gasteiger partial charge in [0.2, 0.25) is 0 Å². The third-order valence-electron chi connectivity index (χ3n) is 2.52. The number of hydrogen-bond donors (Lipinski definition) is 3. The van der Waals surface area contributed by atoms with Gasteiger partial charge in [-0.3, -0.25) is 10.1 Å². The van der Waals surface area contributed by atoms with Crippen molar-refractivity contribution in [3.63, 3.8) is 0 Å². The average molecular weight is 453 g/mol. The van der Waals surface area contributed by atoms with Crippen molar-refractivity contribution in [2.45, 2.75) is 9.10 Å². The molecule has 0 atom stereocenters. The second kappa shape index (κ2) is 6.55. The first kappa shape index (κ1) is 16.6. The predicted molar refractivity (Wildman–Crippen MR) is 97.1 cm³/mol. The number of nitrogens with one attached hydrogen (secondary N) is 2. The quantitative estimate of drug-likeness (QED) is 0.281. The van der Waals surface area contributed by atoms with Crippen LogP contribution in [0.25, 0.3) is 0 Å². The molecule has 0 saturated carbocycles. The molecule has 112 valence electrons. The van der Waals surface area contributed by atoms with Crippen molar-refractivity contribution in [2.75, 3.05) is 11.0 Å². The van der Waals surface area contributed by atoms with Gasteiger partial charge in [0.05, 0.1) is 19.7 Å². The summed E-state index contributed by atoms with van der Waals surface area (Å²) in [5.74, 6) is -0.0741. The average Bonchev–Trinajstić information content (AvgIpc) is 2.81. The zero-order chi connectivity index (χ0) is 15.6. The van der Waals surface area contributed by atoms with Gasteiger partial charge in [0.25, 0.3) is 10.0 Å². The summed E-state index contributed by atoms with van der Waals surface area (Å²) in [5.41, 5.74) is 5.90. The Hall–Kier alpha value is -0.780. The third-order valence-corrected chi connectivity index (χ3v) is 6.92. The van der Waals surface area contributed by atoms with E-state index in [9.17, 15) is 8.42 Å². The first-order chi connectivity index (χ1) is 9.83. The normalized spacial score (nSPS) is 11.3. The summed E-state index contributed by atoms with van der Waals surface area (Å²) in [7, 11) is -3.65. The maximum absolute atomic E-state index is 12.4. The molecule has 1 aromatic carbocycles. The van der Waals surface area contributed by atoms with Crippen molar-refractivity contribution in [2.24, 2.45) is 5.73 Å². The molecule has 21 heavy (non-hydrogen) atoms. The van der Waals surface area contributed by atoms with Crippen LogP contribution in [0.1, 0.15) is 4.88 Å². The molecular formula is C12H12IN3O2S3. The number of rotatable bonds is 5. The number of nitrogen functional groups attached to an aromatic ring is 1. The van der Waals surface area contributed by atoms with Gasteiger partial charge in [0, 0.05) is 3.57 Å². The molecule has 0 fully saturated rings. The number of sulfonamides is 1. The molecule has 0 radical (unpaired) electrons. The number of thiophene rings is 1. The molecule has 5 nitrogen and oxygen atoms in total. The van der Waals surface area contributed by atoms with Gasteiger partial charge in [-0.1, -0.05) is 0 Å². The lowest BCUT2D eigenvalue weighted by Gasteiger charge is -2.08. The highest BCUT2D eigenvalue weighted by atomic mass is 127. The van der Waals surface area contributed by atoms with Gasteiger partial charge in [0.15, 0.2) is 0 Å². The van der Waals surface area contributed by atoms with Crippen molar-refractivity contribution in [3.8, 4) is 0 Å². The summed E-state index contributed by atoms with van der Waals surface area (Å²) in [6.07, 6.45) is 1.85. The molecular weight excluding hydrogens is 441 g/mol. The highest BCUT2D eigenvalue weighted by Gasteiger charge is 2.18. The molecule has 0 saturated heterocycles. The molecule has 0 amide bonds. The summed E-state index contributed by atoms with van der Waals surface area (Å²) in [5, 5.41) is 7.44. The minimum Gasteiger partial charge on any atom is -0.383 e. The monoisotopic (exact) mass is 453 g/mol. The molecule has 0 aliphatic rings. The van der Waals surface area contributed by atoms with E-state index < -0.39 is 10.0 Å². The van der Waals surface area contributed by atoms with Crippen molar-refractivity contribution in [1.82, 2.24) is 0 Å². The molecule has 0 spiro atoms. The van der Waals surface area contributed by atoms with Crippen LogP contribution in [-0.2, 0) is 10.0 Å². The van der Waals surface area contributed by atoms with Crippen LogP contribution in [0.3, 0.4) is 0 Å². The van der Waals surface area contributed by atoms with Gasteiger partial charge in [-0.2, -0.15) is 0 Å². The smallest absolute Gasteiger partial charge is 0.261 e. The van der Waals surface area contributed by atoms with Gasteiger partial charge in [-0.25, -0.2) is 8.42 Å². The number of nitrogens with two attached hydrogens (primary N) is 1. The minimum atomic E-state index is -3.65. The van der Waals surface area contributed by atoms with Crippen LogP contribution in [0, 0.1) is 8.98 Å². The molecule has 0 bridgehead atoms. The number of anilines is 1. The van der Waals surface area contributed by atoms with Crippen molar-refractivity contribution in [3.05, 3.63) is 38.8 Å². The third kappa shape index (κ3) is 3.90. The Kier molecular flexibility index (Phi) is 5.17. The standard InChI is InChI=1S/C12H12IN3O2S3/c1-19-12-9(6-10(20-12)11(14)15)16-21(17,18)8-4-2-7(13)3-5-8/h2-6,16H,1H3,(H3,14,15). The number of amidine groups is 1. The molecule has 2 aromatic rings. The van der Waals surface area contributed by atoms with Crippen LogP contribution in [0.2, 0.25) is 0 Å². The van der Waals surface area contributed by atoms with Gasteiger partial charge < -0.3 is 5.73 Å². The van der Waals surface area contributed by atoms with E-state index in [1.807, 2.05) is 6.26 Å². The zero-order valence-electron chi connectivity index (χ0n) is 10.9. The predicted octanol–water partition coefficient (Wildman–Crippen LogP) is 3.16. The van der Waals surface area contributed by atoms with Gasteiger partial charge in [0.1, 0.15) is 5.84 Å². The topological polar surface area (TPSA) is 96.0 Å². The van der Waals surface area contributed by atoms with Gasteiger partial charge in [-0.05, 0) is 59.2 Å². The number of halogens is 1. The number of thioether (sulfide) groups is 1. The zero-order valence-corrected chi connectivity index (χ0v) is 15.5. The Morgan fingerprint density at radius 3 is 2.52 bits per heavy atom. The molecule has 0 aliphatic carbocycles. The SMILES string of the molecule is CSc1sc(C(=N)N)cc1NS(=O)(=O)c1ccc(I)cc1. The molecule has 0 unspecified atom stereocenters. The number of hydrogen-bond acceptors (Lipinski definition) is 5. The lowest BCUT2D eigenvalue weighted by Crippen LogP contribution is -2.13. The highest BCUT2D eigenvalue weighted by molar-refractivity contribution is 14.1. The van der Waals surface area contributed by atoms with Crippen LogP contribution < -0.4 is 10.5 Å². The van der Waals surface area contributed by atoms with Crippen LogP contribution in [0.4, 0.5) is 5.69 Å². The molecule has 0 aliphatic heterocycles. The fourth-order valence-corrected chi connectivity index (χ4v) is 4.74. The van der Waals surface area contributed by atoms with Crippen molar-refractivity contribution < 1.29 is 8.42 Å². The van der Waals surface area contributed by atoms with Crippen LogP contribution >= 0.6 is 45.7 Å². The lowest BCUT2D eigenvalue weighted by molar-refractivity contribution is 0.601. The lowest BCUT2D eigenvalue weighted by atomic mass is 10.4. The first-order valence-corrected chi connectivity index (χ1v) is 10.2. The maximum atomic E-state index is 12.4. The van der Waals surface area contributed by atoms with E-state index in [0.29, 0.717) is 10.6 Å². The van der Waals surface area contributed by atoms with Crippen LogP contribution in [-0.4, -0.2) is 20.5 Å². The van der Waals surface area contributed by atoms with E-state index in [2.05, 4.69) is 27.3 Å². The highest BCUT2D eigenvalue weighted by Crippen LogP contribution is 2.35. The Balaban J connectivity index is 2.36. The van der Waals surface area contributed by atoms with E-state index in [1.165, 1.54) is 23.1 Å². The van der Waals surface area contributed by atoms with E-state index in [0.717, 1.165) is 7.78 Å². The van der Waals surface area contributed by atoms with Gasteiger partial charge >= 0.3 is 0 Å². The van der Waals surface area contributed by atoms with Gasteiger partial charge in [-0.15, -0.1) is 23.1 Å². The Morgan fingerprint density at radius 1 is 1.38 bits per heavy atom. The van der Waals surface area contributed by atoms with E-state index in [1.54, 1.807) is 30.3 Å². The summed E-state index contributed by atoms with van der Waals surface area (Å²) in [4.78, 5) is 0.741. The number of benzene rings is 1.